The van der Waals surface area contributed by atoms with Gasteiger partial charge in [0.15, 0.2) is 0 Å². The van der Waals surface area contributed by atoms with E-state index in [1.807, 2.05) is 12.6 Å². The van der Waals surface area contributed by atoms with Crippen molar-refractivity contribution in [2.24, 2.45) is 0 Å². The van der Waals surface area contributed by atoms with Gasteiger partial charge >= 0.3 is 0 Å². The summed E-state index contributed by atoms with van der Waals surface area (Å²) in [7, 11) is 2.00. The average molecular weight is 260 g/mol. The summed E-state index contributed by atoms with van der Waals surface area (Å²) in [6.45, 7) is 6.55. The van der Waals surface area contributed by atoms with Crippen LogP contribution in [0.5, 0.6) is 0 Å². The molecule has 1 N–H and O–H groups in total. The molecule has 0 radical (unpaired) electrons. The Hall–Kier alpha value is -1.19. The van der Waals surface area contributed by atoms with Gasteiger partial charge in [0.2, 0.25) is 0 Å². The first-order valence-electron chi connectivity index (χ1n) is 6.24. The lowest BCUT2D eigenvalue weighted by molar-refractivity contribution is 0.576. The lowest BCUT2D eigenvalue weighted by atomic mass is 9.93. The number of aryl methyl sites for hydroxylation is 3. The minimum absolute atomic E-state index is 0.302. The second-order valence-electron chi connectivity index (χ2n) is 4.84. The molecule has 0 spiro atoms. The van der Waals surface area contributed by atoms with Crippen LogP contribution in [0.3, 0.4) is 0 Å². The zero-order valence-electron chi connectivity index (χ0n) is 11.4. The van der Waals surface area contributed by atoms with Gasteiger partial charge in [0.1, 0.15) is 0 Å². The molecule has 2 nitrogen and oxygen atoms in total. The summed E-state index contributed by atoms with van der Waals surface area (Å²) in [5, 5.41) is 5.49. The molecule has 1 unspecified atom stereocenters. The lowest BCUT2D eigenvalue weighted by Crippen LogP contribution is -2.20. The van der Waals surface area contributed by atoms with E-state index in [0.29, 0.717) is 6.04 Å². The first-order chi connectivity index (χ1) is 8.61. The van der Waals surface area contributed by atoms with Crippen LogP contribution >= 0.6 is 11.3 Å². The third-order valence-corrected chi connectivity index (χ3v) is 4.01. The molecule has 0 bridgehead atoms. The van der Waals surface area contributed by atoms with E-state index in [2.05, 4.69) is 48.6 Å². The van der Waals surface area contributed by atoms with Gasteiger partial charge in [-0.15, -0.1) is 11.3 Å². The largest absolute Gasteiger partial charge is 0.311 e. The van der Waals surface area contributed by atoms with Gasteiger partial charge in [0.25, 0.3) is 0 Å². The summed E-state index contributed by atoms with van der Waals surface area (Å²) in [5.41, 5.74) is 8.57. The molecule has 0 amide bonds. The van der Waals surface area contributed by atoms with Crippen molar-refractivity contribution >= 4 is 11.3 Å². The summed E-state index contributed by atoms with van der Waals surface area (Å²) >= 11 is 1.65. The zero-order chi connectivity index (χ0) is 13.1. The molecule has 1 atom stereocenters. The van der Waals surface area contributed by atoms with Crippen molar-refractivity contribution in [2.45, 2.75) is 33.2 Å². The maximum atomic E-state index is 4.42. The molecule has 0 aliphatic rings. The minimum Gasteiger partial charge on any atom is -0.311 e. The molecule has 0 fully saturated rings. The third-order valence-electron chi connectivity index (χ3n) is 3.41. The quantitative estimate of drug-likeness (QED) is 0.909. The second-order valence-corrected chi connectivity index (χ2v) is 5.55. The number of benzene rings is 1. The molecule has 0 saturated carbocycles. The Morgan fingerprint density at radius 1 is 1.22 bits per heavy atom. The molecule has 1 heterocycles. The molecular formula is C15H20N2S. The van der Waals surface area contributed by atoms with Crippen molar-refractivity contribution in [1.29, 1.82) is 0 Å². The summed E-state index contributed by atoms with van der Waals surface area (Å²) in [6, 6.07) is 4.82. The highest BCUT2D eigenvalue weighted by atomic mass is 32.1. The SMILES string of the molecule is CNC(Cc1c(C)cc(C)cc1C)c1cscn1. The smallest absolute Gasteiger partial charge is 0.0795 e. The molecule has 96 valence electrons. The van der Waals surface area contributed by atoms with Crippen LogP contribution < -0.4 is 5.32 Å². The summed E-state index contributed by atoms with van der Waals surface area (Å²) in [4.78, 5) is 4.42. The maximum absolute atomic E-state index is 4.42. The van der Waals surface area contributed by atoms with E-state index in [9.17, 15) is 0 Å². The van der Waals surface area contributed by atoms with Crippen molar-refractivity contribution < 1.29 is 0 Å². The van der Waals surface area contributed by atoms with Crippen molar-refractivity contribution in [3.8, 4) is 0 Å². The normalized spacial score (nSPS) is 12.7. The molecule has 0 aliphatic heterocycles. The Labute approximate surface area is 113 Å². The van der Waals surface area contributed by atoms with Crippen molar-refractivity contribution in [3.63, 3.8) is 0 Å². The molecule has 0 saturated heterocycles. The Morgan fingerprint density at radius 2 is 1.89 bits per heavy atom. The van der Waals surface area contributed by atoms with E-state index < -0.39 is 0 Å². The van der Waals surface area contributed by atoms with Gasteiger partial charge in [-0.2, -0.15) is 0 Å². The van der Waals surface area contributed by atoms with Crippen molar-refractivity contribution in [2.75, 3.05) is 7.05 Å². The first kappa shape index (κ1) is 13.2. The zero-order valence-corrected chi connectivity index (χ0v) is 12.3. The fraction of sp³-hybridized carbons (Fsp3) is 0.400. The number of rotatable bonds is 4. The summed E-state index contributed by atoms with van der Waals surface area (Å²) in [5.74, 6) is 0. The van der Waals surface area contributed by atoms with Gasteiger partial charge in [0.05, 0.1) is 17.2 Å². The molecule has 0 aliphatic carbocycles. The van der Waals surface area contributed by atoms with Crippen LogP contribution in [-0.4, -0.2) is 12.0 Å². The molecule has 3 heteroatoms. The van der Waals surface area contributed by atoms with E-state index in [0.717, 1.165) is 12.1 Å². The number of hydrogen-bond donors (Lipinski definition) is 1. The van der Waals surface area contributed by atoms with E-state index in [1.54, 1.807) is 11.3 Å². The fourth-order valence-electron chi connectivity index (χ4n) is 2.48. The van der Waals surface area contributed by atoms with E-state index in [-0.39, 0.29) is 0 Å². The molecule has 1 aromatic carbocycles. The van der Waals surface area contributed by atoms with Crippen LogP contribution in [-0.2, 0) is 6.42 Å². The van der Waals surface area contributed by atoms with Gasteiger partial charge in [-0.1, -0.05) is 17.7 Å². The van der Waals surface area contributed by atoms with Crippen LogP contribution in [0.1, 0.15) is 34.0 Å². The number of nitrogens with zero attached hydrogens (tertiary/aromatic N) is 1. The number of nitrogens with one attached hydrogen (secondary N) is 1. The standard InChI is InChI=1S/C15H20N2S/c1-10-5-11(2)13(12(3)6-10)7-14(16-4)15-8-18-9-17-15/h5-6,8-9,14,16H,7H2,1-4H3. The van der Waals surface area contributed by atoms with Gasteiger partial charge in [0, 0.05) is 5.38 Å². The highest BCUT2D eigenvalue weighted by Gasteiger charge is 2.14. The van der Waals surface area contributed by atoms with E-state index in [1.165, 1.54) is 22.3 Å². The van der Waals surface area contributed by atoms with Crippen LogP contribution in [0.25, 0.3) is 0 Å². The second kappa shape index (κ2) is 5.63. The molecule has 18 heavy (non-hydrogen) atoms. The monoisotopic (exact) mass is 260 g/mol. The number of thiazole rings is 1. The minimum atomic E-state index is 0.302. The third kappa shape index (κ3) is 2.79. The Kier molecular flexibility index (Phi) is 4.15. The van der Waals surface area contributed by atoms with Crippen molar-refractivity contribution in [3.05, 3.63) is 51.0 Å². The Bertz CT molecular complexity index is 494. The van der Waals surface area contributed by atoms with Gasteiger partial charge in [-0.3, -0.25) is 0 Å². The molecule has 2 aromatic rings. The van der Waals surface area contributed by atoms with Crippen molar-refractivity contribution in [1.82, 2.24) is 10.3 Å². The number of hydrogen-bond acceptors (Lipinski definition) is 3. The van der Waals surface area contributed by atoms with E-state index >= 15 is 0 Å². The average Bonchev–Trinajstić information content (AvgIpc) is 2.81. The topological polar surface area (TPSA) is 24.9 Å². The number of aromatic nitrogens is 1. The maximum Gasteiger partial charge on any atom is 0.0795 e. The lowest BCUT2D eigenvalue weighted by Gasteiger charge is -2.18. The van der Waals surface area contributed by atoms with Crippen LogP contribution in [0.2, 0.25) is 0 Å². The predicted molar refractivity (Wildman–Crippen MR) is 78.3 cm³/mol. The van der Waals surface area contributed by atoms with Crippen LogP contribution in [0, 0.1) is 20.8 Å². The highest BCUT2D eigenvalue weighted by Crippen LogP contribution is 2.23. The summed E-state index contributed by atoms with van der Waals surface area (Å²) in [6.07, 6.45) is 0.998. The van der Waals surface area contributed by atoms with Gasteiger partial charge in [-0.25, -0.2) is 4.98 Å². The van der Waals surface area contributed by atoms with Gasteiger partial charge < -0.3 is 5.32 Å². The van der Waals surface area contributed by atoms with Crippen LogP contribution in [0.15, 0.2) is 23.0 Å². The Morgan fingerprint density at radius 3 is 2.39 bits per heavy atom. The summed E-state index contributed by atoms with van der Waals surface area (Å²) < 4.78 is 0. The predicted octanol–water partition coefficient (Wildman–Crippen LogP) is 3.57. The molecular weight excluding hydrogens is 240 g/mol. The van der Waals surface area contributed by atoms with Crippen LogP contribution in [0.4, 0.5) is 0 Å². The van der Waals surface area contributed by atoms with Gasteiger partial charge in [-0.05, 0) is 50.9 Å². The first-order valence-corrected chi connectivity index (χ1v) is 7.18. The molecule has 1 aromatic heterocycles. The number of likely N-dealkylation sites (N-methyl/N-ethyl adjacent to an activating group) is 1. The highest BCUT2D eigenvalue weighted by molar-refractivity contribution is 7.07. The van der Waals surface area contributed by atoms with E-state index in [4.69, 9.17) is 0 Å². The Balaban J connectivity index is 2.28. The fourth-order valence-corrected chi connectivity index (χ4v) is 3.09. The molecule has 2 rings (SSSR count).